The number of hydrogen-bond acceptors (Lipinski definition) is 3. The van der Waals surface area contributed by atoms with Gasteiger partial charge < -0.3 is 14.7 Å². The molecule has 0 aromatic heterocycles. The van der Waals surface area contributed by atoms with Gasteiger partial charge in [0.25, 0.3) is 0 Å². The van der Waals surface area contributed by atoms with E-state index in [4.69, 9.17) is 9.84 Å². The monoisotopic (exact) mass is 261 g/mol. The largest absolute Gasteiger partial charge is 0.493 e. The number of carbonyl (C=O) groups is 1. The highest BCUT2D eigenvalue weighted by Gasteiger charge is 2.30. The third kappa shape index (κ3) is 2.96. The summed E-state index contributed by atoms with van der Waals surface area (Å²) < 4.78 is 5.56. The third-order valence-corrected chi connectivity index (χ3v) is 3.29. The molecule has 0 bridgehead atoms. The van der Waals surface area contributed by atoms with Crippen LogP contribution in [0.5, 0.6) is 5.75 Å². The zero-order valence-corrected chi connectivity index (χ0v) is 10.9. The van der Waals surface area contributed by atoms with Crippen molar-refractivity contribution in [2.45, 2.75) is 12.3 Å². The smallest absolute Gasteiger partial charge is 0.230 e. The first kappa shape index (κ1) is 13.6. The molecule has 102 valence electrons. The molecule has 4 heteroatoms. The Bertz CT molecular complexity index is 458. The SMILES string of the molecule is C=CCN(CCO)C(=O)C1CCOc2ccccc21. The zero-order valence-electron chi connectivity index (χ0n) is 10.9. The molecule has 4 nitrogen and oxygen atoms in total. The number of rotatable bonds is 5. The second kappa shape index (κ2) is 6.38. The Morgan fingerprint density at radius 1 is 1.53 bits per heavy atom. The van der Waals surface area contributed by atoms with Crippen molar-refractivity contribution in [3.63, 3.8) is 0 Å². The Labute approximate surface area is 113 Å². The van der Waals surface area contributed by atoms with Gasteiger partial charge in [-0.25, -0.2) is 0 Å². The quantitative estimate of drug-likeness (QED) is 0.818. The van der Waals surface area contributed by atoms with Crippen LogP contribution in [0.1, 0.15) is 17.9 Å². The topological polar surface area (TPSA) is 49.8 Å². The van der Waals surface area contributed by atoms with Gasteiger partial charge in [-0.15, -0.1) is 6.58 Å². The molecule has 0 saturated heterocycles. The van der Waals surface area contributed by atoms with E-state index in [2.05, 4.69) is 6.58 Å². The van der Waals surface area contributed by atoms with Crippen LogP contribution >= 0.6 is 0 Å². The zero-order chi connectivity index (χ0) is 13.7. The van der Waals surface area contributed by atoms with E-state index in [0.29, 0.717) is 26.1 Å². The van der Waals surface area contributed by atoms with E-state index in [1.165, 1.54) is 0 Å². The van der Waals surface area contributed by atoms with Crippen molar-refractivity contribution in [2.24, 2.45) is 0 Å². The van der Waals surface area contributed by atoms with Crippen molar-refractivity contribution in [3.8, 4) is 5.75 Å². The molecule has 1 unspecified atom stereocenters. The number of carbonyl (C=O) groups excluding carboxylic acids is 1. The number of benzene rings is 1. The van der Waals surface area contributed by atoms with Crippen molar-refractivity contribution in [1.82, 2.24) is 4.90 Å². The highest BCUT2D eigenvalue weighted by Crippen LogP contribution is 2.34. The average Bonchev–Trinajstić information content (AvgIpc) is 2.46. The van der Waals surface area contributed by atoms with Gasteiger partial charge in [0.1, 0.15) is 5.75 Å². The fourth-order valence-electron chi connectivity index (χ4n) is 2.39. The van der Waals surface area contributed by atoms with E-state index in [-0.39, 0.29) is 18.4 Å². The minimum absolute atomic E-state index is 0.0321. The molecule has 0 fully saturated rings. The van der Waals surface area contributed by atoms with Crippen molar-refractivity contribution in [2.75, 3.05) is 26.3 Å². The van der Waals surface area contributed by atoms with Crippen LogP contribution in [-0.4, -0.2) is 42.2 Å². The minimum Gasteiger partial charge on any atom is -0.493 e. The van der Waals surface area contributed by atoms with Crippen molar-refractivity contribution < 1.29 is 14.6 Å². The number of ether oxygens (including phenoxy) is 1. The molecule has 1 aromatic rings. The average molecular weight is 261 g/mol. The Hall–Kier alpha value is -1.81. The first-order chi connectivity index (χ1) is 9.27. The Morgan fingerprint density at radius 2 is 2.32 bits per heavy atom. The molecule has 1 aliphatic heterocycles. The van der Waals surface area contributed by atoms with Crippen LogP contribution in [0.3, 0.4) is 0 Å². The van der Waals surface area contributed by atoms with Gasteiger partial charge in [-0.3, -0.25) is 4.79 Å². The first-order valence-corrected chi connectivity index (χ1v) is 6.50. The maximum absolute atomic E-state index is 12.6. The predicted octanol–water partition coefficient (Wildman–Crippen LogP) is 1.56. The van der Waals surface area contributed by atoms with E-state index in [9.17, 15) is 4.79 Å². The second-order valence-corrected chi connectivity index (χ2v) is 4.52. The molecular weight excluding hydrogens is 242 g/mol. The van der Waals surface area contributed by atoms with Gasteiger partial charge in [-0.2, -0.15) is 0 Å². The molecule has 1 heterocycles. The maximum Gasteiger partial charge on any atom is 0.230 e. The molecule has 1 atom stereocenters. The van der Waals surface area contributed by atoms with Gasteiger partial charge in [0.15, 0.2) is 0 Å². The fraction of sp³-hybridized carbons (Fsp3) is 0.400. The Balaban J connectivity index is 2.21. The van der Waals surface area contributed by atoms with Crippen LogP contribution in [0.15, 0.2) is 36.9 Å². The highest BCUT2D eigenvalue weighted by molar-refractivity contribution is 5.85. The standard InChI is InChI=1S/C15H19NO3/c1-2-8-16(9-10-17)15(18)13-7-11-19-14-6-4-3-5-12(13)14/h2-6,13,17H,1,7-11H2. The number of amides is 1. The molecule has 0 saturated carbocycles. The lowest BCUT2D eigenvalue weighted by molar-refractivity contribution is -0.133. The number of aliphatic hydroxyl groups is 1. The molecule has 1 aromatic carbocycles. The van der Waals surface area contributed by atoms with E-state index in [0.717, 1.165) is 11.3 Å². The van der Waals surface area contributed by atoms with E-state index in [1.807, 2.05) is 24.3 Å². The van der Waals surface area contributed by atoms with Gasteiger partial charge in [0.2, 0.25) is 5.91 Å². The maximum atomic E-state index is 12.6. The highest BCUT2D eigenvalue weighted by atomic mass is 16.5. The predicted molar refractivity (Wildman–Crippen MR) is 73.2 cm³/mol. The van der Waals surface area contributed by atoms with Crippen LogP contribution in [0.2, 0.25) is 0 Å². The Kier molecular flexibility index (Phi) is 4.58. The molecular formula is C15H19NO3. The number of nitrogens with zero attached hydrogens (tertiary/aromatic N) is 1. The molecule has 1 aliphatic rings. The molecule has 2 rings (SSSR count). The summed E-state index contributed by atoms with van der Waals surface area (Å²) in [6, 6.07) is 7.64. The van der Waals surface area contributed by atoms with E-state index in [1.54, 1.807) is 11.0 Å². The van der Waals surface area contributed by atoms with Gasteiger partial charge in [-0.1, -0.05) is 24.3 Å². The Morgan fingerprint density at radius 3 is 3.05 bits per heavy atom. The number of para-hydroxylation sites is 1. The van der Waals surface area contributed by atoms with Crippen LogP contribution in [0, 0.1) is 0 Å². The number of fused-ring (bicyclic) bond motifs is 1. The summed E-state index contributed by atoms with van der Waals surface area (Å²) in [5, 5.41) is 9.05. The molecule has 19 heavy (non-hydrogen) atoms. The summed E-state index contributed by atoms with van der Waals surface area (Å²) in [6.45, 7) is 4.96. The van der Waals surface area contributed by atoms with Crippen LogP contribution in [0.25, 0.3) is 0 Å². The summed E-state index contributed by atoms with van der Waals surface area (Å²) in [5.74, 6) is 0.635. The molecule has 0 spiro atoms. The van der Waals surface area contributed by atoms with Gasteiger partial charge >= 0.3 is 0 Å². The van der Waals surface area contributed by atoms with Gasteiger partial charge in [-0.05, 0) is 12.5 Å². The summed E-state index contributed by atoms with van der Waals surface area (Å²) in [6.07, 6.45) is 2.35. The van der Waals surface area contributed by atoms with E-state index < -0.39 is 0 Å². The normalized spacial score (nSPS) is 17.2. The molecule has 0 aliphatic carbocycles. The fourth-order valence-corrected chi connectivity index (χ4v) is 2.39. The molecule has 0 radical (unpaired) electrons. The number of hydrogen-bond donors (Lipinski definition) is 1. The lowest BCUT2D eigenvalue weighted by Crippen LogP contribution is -2.38. The summed E-state index contributed by atoms with van der Waals surface area (Å²) in [4.78, 5) is 14.2. The first-order valence-electron chi connectivity index (χ1n) is 6.50. The van der Waals surface area contributed by atoms with Crippen LogP contribution in [-0.2, 0) is 4.79 Å². The van der Waals surface area contributed by atoms with Crippen LogP contribution < -0.4 is 4.74 Å². The second-order valence-electron chi connectivity index (χ2n) is 4.52. The van der Waals surface area contributed by atoms with Crippen LogP contribution in [0.4, 0.5) is 0 Å². The third-order valence-electron chi connectivity index (χ3n) is 3.29. The van der Waals surface area contributed by atoms with Gasteiger partial charge in [0.05, 0.1) is 19.1 Å². The van der Waals surface area contributed by atoms with Crippen molar-refractivity contribution in [1.29, 1.82) is 0 Å². The molecule has 1 amide bonds. The summed E-state index contributed by atoms with van der Waals surface area (Å²) >= 11 is 0. The minimum atomic E-state index is -0.184. The van der Waals surface area contributed by atoms with Crippen molar-refractivity contribution >= 4 is 5.91 Å². The lowest BCUT2D eigenvalue weighted by atomic mass is 9.92. The molecule has 1 N–H and O–H groups in total. The van der Waals surface area contributed by atoms with Crippen molar-refractivity contribution in [3.05, 3.63) is 42.5 Å². The number of aliphatic hydroxyl groups excluding tert-OH is 1. The summed E-state index contributed by atoms with van der Waals surface area (Å²) in [7, 11) is 0. The van der Waals surface area contributed by atoms with E-state index >= 15 is 0 Å². The summed E-state index contributed by atoms with van der Waals surface area (Å²) in [5.41, 5.74) is 0.936. The lowest BCUT2D eigenvalue weighted by Gasteiger charge is -2.30. The van der Waals surface area contributed by atoms with Gasteiger partial charge in [0, 0.05) is 18.7 Å².